The number of alkyl halides is 1. The van der Waals surface area contributed by atoms with Gasteiger partial charge in [-0.05, 0) is 37.5 Å². The van der Waals surface area contributed by atoms with Crippen LogP contribution in [0.15, 0.2) is 24.3 Å². The summed E-state index contributed by atoms with van der Waals surface area (Å²) in [6.07, 6.45) is 3.26. The summed E-state index contributed by atoms with van der Waals surface area (Å²) in [5.74, 6) is 0.632. The van der Waals surface area contributed by atoms with Gasteiger partial charge in [0.05, 0.1) is 0 Å². The third kappa shape index (κ3) is 3.21. The minimum Gasteiger partial charge on any atom is -0.378 e. The zero-order valence-corrected chi connectivity index (χ0v) is 12.4. The molecule has 1 amide bonds. The van der Waals surface area contributed by atoms with E-state index in [4.69, 9.17) is 11.6 Å². The normalized spacial score (nSPS) is 19.3. The van der Waals surface area contributed by atoms with E-state index in [0.717, 1.165) is 30.6 Å². The molecular formula is C15H21ClN2O. The molecule has 1 aromatic carbocycles. The molecule has 1 atom stereocenters. The minimum absolute atomic E-state index is 0.106. The number of halogens is 1. The second kappa shape index (κ2) is 6.29. The van der Waals surface area contributed by atoms with Crippen molar-refractivity contribution >= 4 is 23.2 Å². The van der Waals surface area contributed by atoms with Crippen LogP contribution in [0.3, 0.4) is 0 Å². The fourth-order valence-corrected chi connectivity index (χ4v) is 2.83. The van der Waals surface area contributed by atoms with Crippen molar-refractivity contribution in [1.82, 2.24) is 4.90 Å². The predicted octanol–water partition coefficient (Wildman–Crippen LogP) is 2.99. The van der Waals surface area contributed by atoms with Gasteiger partial charge in [-0.15, -0.1) is 11.6 Å². The maximum Gasteiger partial charge on any atom is 0.254 e. The van der Waals surface area contributed by atoms with E-state index in [1.165, 1.54) is 6.42 Å². The van der Waals surface area contributed by atoms with Gasteiger partial charge in [0, 0.05) is 43.8 Å². The monoisotopic (exact) mass is 280 g/mol. The van der Waals surface area contributed by atoms with E-state index in [-0.39, 0.29) is 11.9 Å². The Morgan fingerprint density at radius 3 is 2.89 bits per heavy atom. The smallest absolute Gasteiger partial charge is 0.254 e. The highest BCUT2D eigenvalue weighted by atomic mass is 35.5. The van der Waals surface area contributed by atoms with Crippen LogP contribution in [-0.4, -0.2) is 43.4 Å². The molecule has 0 bridgehead atoms. The number of likely N-dealkylation sites (tertiary alicyclic amines) is 1. The van der Waals surface area contributed by atoms with Gasteiger partial charge in [0.15, 0.2) is 0 Å². The summed E-state index contributed by atoms with van der Waals surface area (Å²) < 4.78 is 0. The lowest BCUT2D eigenvalue weighted by atomic mass is 10.0. The highest BCUT2D eigenvalue weighted by Crippen LogP contribution is 2.22. The summed E-state index contributed by atoms with van der Waals surface area (Å²) in [5.41, 5.74) is 1.80. The molecule has 2 rings (SSSR count). The Balaban J connectivity index is 2.20. The molecule has 1 fully saturated rings. The van der Waals surface area contributed by atoms with Crippen LogP contribution in [0.25, 0.3) is 0 Å². The molecule has 1 aliphatic rings. The van der Waals surface area contributed by atoms with E-state index in [2.05, 4.69) is 0 Å². The van der Waals surface area contributed by atoms with Gasteiger partial charge in [-0.1, -0.05) is 6.07 Å². The Bertz CT molecular complexity index is 448. The van der Waals surface area contributed by atoms with Gasteiger partial charge in [-0.25, -0.2) is 0 Å². The van der Waals surface area contributed by atoms with Crippen LogP contribution in [-0.2, 0) is 0 Å². The largest absolute Gasteiger partial charge is 0.378 e. The highest BCUT2D eigenvalue weighted by Gasteiger charge is 2.26. The number of rotatable bonds is 3. The average Bonchev–Trinajstić information content (AvgIpc) is 2.46. The molecule has 4 heteroatoms. The second-order valence-electron chi connectivity index (χ2n) is 5.25. The number of anilines is 1. The summed E-state index contributed by atoms with van der Waals surface area (Å²) in [7, 11) is 3.96. The van der Waals surface area contributed by atoms with Gasteiger partial charge < -0.3 is 9.80 Å². The lowest BCUT2D eigenvalue weighted by Gasteiger charge is -2.34. The lowest BCUT2D eigenvalue weighted by Crippen LogP contribution is -2.44. The Morgan fingerprint density at radius 1 is 1.42 bits per heavy atom. The van der Waals surface area contributed by atoms with Gasteiger partial charge in [-0.2, -0.15) is 0 Å². The first-order valence-corrected chi connectivity index (χ1v) is 7.31. The predicted molar refractivity (Wildman–Crippen MR) is 80.2 cm³/mol. The lowest BCUT2D eigenvalue weighted by molar-refractivity contribution is 0.0639. The standard InChI is InChI=1S/C15H21ClN2O/c1-17(2)13-8-5-6-12(10-13)15(19)18-9-4-3-7-14(18)11-16/h5-6,8,10,14H,3-4,7,9,11H2,1-2H3. The van der Waals surface area contributed by atoms with Crippen molar-refractivity contribution in [2.45, 2.75) is 25.3 Å². The van der Waals surface area contributed by atoms with E-state index >= 15 is 0 Å². The molecule has 1 heterocycles. The number of amides is 1. The molecule has 0 aromatic heterocycles. The van der Waals surface area contributed by atoms with Crippen molar-refractivity contribution in [3.05, 3.63) is 29.8 Å². The number of benzene rings is 1. The molecule has 1 saturated heterocycles. The molecule has 19 heavy (non-hydrogen) atoms. The number of piperidine rings is 1. The van der Waals surface area contributed by atoms with E-state index in [0.29, 0.717) is 5.88 Å². The maximum absolute atomic E-state index is 12.6. The summed E-state index contributed by atoms with van der Waals surface area (Å²) in [6, 6.07) is 7.96. The van der Waals surface area contributed by atoms with Crippen LogP contribution in [0.4, 0.5) is 5.69 Å². The van der Waals surface area contributed by atoms with Gasteiger partial charge in [0.1, 0.15) is 0 Å². The minimum atomic E-state index is 0.106. The molecule has 1 aliphatic heterocycles. The first-order valence-electron chi connectivity index (χ1n) is 6.78. The van der Waals surface area contributed by atoms with Gasteiger partial charge in [-0.3, -0.25) is 4.79 Å². The molecule has 0 N–H and O–H groups in total. The first kappa shape index (κ1) is 14.2. The van der Waals surface area contributed by atoms with Crippen molar-refractivity contribution in [2.24, 2.45) is 0 Å². The SMILES string of the molecule is CN(C)c1cccc(C(=O)N2CCCCC2CCl)c1. The van der Waals surface area contributed by atoms with E-state index in [1.54, 1.807) is 0 Å². The van der Waals surface area contributed by atoms with Crippen LogP contribution in [0.5, 0.6) is 0 Å². The van der Waals surface area contributed by atoms with Gasteiger partial charge in [0.25, 0.3) is 5.91 Å². The third-order valence-corrected chi connectivity index (χ3v) is 4.03. The van der Waals surface area contributed by atoms with Crippen LogP contribution in [0, 0.1) is 0 Å². The molecule has 0 radical (unpaired) electrons. The molecule has 3 nitrogen and oxygen atoms in total. The van der Waals surface area contributed by atoms with Crippen LogP contribution in [0.2, 0.25) is 0 Å². The molecule has 1 aromatic rings. The number of carbonyl (C=O) groups is 1. The Hall–Kier alpha value is -1.22. The molecule has 104 valence electrons. The Labute approximate surface area is 120 Å². The molecule has 0 spiro atoms. The van der Waals surface area contributed by atoms with E-state index < -0.39 is 0 Å². The summed E-state index contributed by atoms with van der Waals surface area (Å²) >= 11 is 5.99. The molecule has 1 unspecified atom stereocenters. The van der Waals surface area contributed by atoms with Crippen molar-refractivity contribution in [3.63, 3.8) is 0 Å². The second-order valence-corrected chi connectivity index (χ2v) is 5.56. The fourth-order valence-electron chi connectivity index (χ4n) is 2.51. The van der Waals surface area contributed by atoms with Crippen molar-refractivity contribution in [1.29, 1.82) is 0 Å². The van der Waals surface area contributed by atoms with Gasteiger partial charge >= 0.3 is 0 Å². The molecule has 0 saturated carbocycles. The maximum atomic E-state index is 12.6. The first-order chi connectivity index (χ1) is 9.13. The van der Waals surface area contributed by atoms with E-state index in [9.17, 15) is 4.79 Å². The molecular weight excluding hydrogens is 260 g/mol. The number of hydrogen-bond donors (Lipinski definition) is 0. The Kier molecular flexibility index (Phi) is 4.70. The van der Waals surface area contributed by atoms with Crippen molar-refractivity contribution < 1.29 is 4.79 Å². The number of nitrogens with zero attached hydrogens (tertiary/aromatic N) is 2. The van der Waals surface area contributed by atoms with Crippen LogP contribution < -0.4 is 4.90 Å². The average molecular weight is 281 g/mol. The van der Waals surface area contributed by atoms with Crippen LogP contribution in [0.1, 0.15) is 29.6 Å². The summed E-state index contributed by atoms with van der Waals surface area (Å²) in [4.78, 5) is 16.5. The van der Waals surface area contributed by atoms with Crippen LogP contribution >= 0.6 is 11.6 Å². The van der Waals surface area contributed by atoms with Gasteiger partial charge in [0.2, 0.25) is 0 Å². The number of carbonyl (C=O) groups excluding carboxylic acids is 1. The van der Waals surface area contributed by atoms with Crippen molar-refractivity contribution in [3.8, 4) is 0 Å². The number of hydrogen-bond acceptors (Lipinski definition) is 2. The zero-order chi connectivity index (χ0) is 13.8. The highest BCUT2D eigenvalue weighted by molar-refractivity contribution is 6.18. The third-order valence-electron chi connectivity index (χ3n) is 3.68. The molecule has 0 aliphatic carbocycles. The topological polar surface area (TPSA) is 23.6 Å². The van der Waals surface area contributed by atoms with E-state index in [1.807, 2.05) is 48.2 Å². The summed E-state index contributed by atoms with van der Waals surface area (Å²) in [5, 5.41) is 0. The van der Waals surface area contributed by atoms with Crippen molar-refractivity contribution in [2.75, 3.05) is 31.4 Å². The quantitative estimate of drug-likeness (QED) is 0.795. The zero-order valence-electron chi connectivity index (χ0n) is 11.6. The summed E-state index contributed by atoms with van der Waals surface area (Å²) in [6.45, 7) is 0.822. The fraction of sp³-hybridized carbons (Fsp3) is 0.533. The Morgan fingerprint density at radius 2 is 2.21 bits per heavy atom.